The van der Waals surface area contributed by atoms with Crippen molar-refractivity contribution in [1.82, 2.24) is 4.57 Å². The van der Waals surface area contributed by atoms with E-state index in [1.165, 1.54) is 11.8 Å². The summed E-state index contributed by atoms with van der Waals surface area (Å²) in [6, 6.07) is 6.24. The second-order valence-electron chi connectivity index (χ2n) is 5.26. The number of hydrogen-bond donors (Lipinski definition) is 2. The number of para-hydroxylation sites is 2. The van der Waals surface area contributed by atoms with E-state index in [1.807, 2.05) is 12.1 Å². The van der Waals surface area contributed by atoms with E-state index in [2.05, 4.69) is 0 Å². The fourth-order valence-corrected chi connectivity index (χ4v) is 3.09. The number of aryl methyl sites for hydroxylation is 1. The molecule has 0 saturated carbocycles. The van der Waals surface area contributed by atoms with E-state index in [0.717, 1.165) is 5.52 Å². The first kappa shape index (κ1) is 15.7. The third-order valence-corrected chi connectivity index (χ3v) is 4.76. The summed E-state index contributed by atoms with van der Waals surface area (Å²) in [5, 5.41) is 8.98. The predicted molar refractivity (Wildman–Crippen MR) is 82.6 cm³/mol. The number of nitrogens with zero attached hydrogens (tertiary/aromatic N) is 1. The van der Waals surface area contributed by atoms with Gasteiger partial charge in [0.2, 0.25) is 0 Å². The van der Waals surface area contributed by atoms with Gasteiger partial charge < -0.3 is 15.3 Å². The first-order chi connectivity index (χ1) is 9.83. The molecule has 0 saturated heterocycles. The molecule has 0 aliphatic carbocycles. The molecule has 0 amide bonds. The molecule has 0 radical (unpaired) electrons. The van der Waals surface area contributed by atoms with E-state index in [9.17, 15) is 9.59 Å². The number of hydrogen-bond acceptors (Lipinski definition) is 5. The Bertz CT molecular complexity index is 704. The van der Waals surface area contributed by atoms with E-state index < -0.39 is 22.5 Å². The number of rotatable bonds is 6. The van der Waals surface area contributed by atoms with Crippen molar-refractivity contribution < 1.29 is 14.3 Å². The zero-order chi connectivity index (χ0) is 15.6. The summed E-state index contributed by atoms with van der Waals surface area (Å²) in [6.45, 7) is 4.01. The van der Waals surface area contributed by atoms with Crippen LogP contribution in [0.5, 0.6) is 0 Å². The van der Waals surface area contributed by atoms with Gasteiger partial charge in [0.15, 0.2) is 5.58 Å². The molecule has 7 heteroatoms. The standard InChI is InChI=1S/C14H18N2O4S/c1-14(2,11(15)12(17)18)21-8-7-16-9-5-3-4-6-10(9)20-13(16)19/h3-6,11H,7-8,15H2,1-2H3,(H,17,18)/t11-/m0/s1. The fraction of sp³-hybridized carbons (Fsp3) is 0.429. The van der Waals surface area contributed by atoms with Crippen LogP contribution in [0.15, 0.2) is 33.5 Å². The van der Waals surface area contributed by atoms with E-state index >= 15 is 0 Å². The van der Waals surface area contributed by atoms with Gasteiger partial charge in [-0.3, -0.25) is 9.36 Å². The van der Waals surface area contributed by atoms with E-state index in [4.69, 9.17) is 15.3 Å². The third kappa shape index (κ3) is 3.30. The average Bonchev–Trinajstić information content (AvgIpc) is 2.74. The smallest absolute Gasteiger partial charge is 0.419 e. The number of fused-ring (bicyclic) bond motifs is 1. The molecule has 2 rings (SSSR count). The Balaban J connectivity index is 2.08. The van der Waals surface area contributed by atoms with Crippen molar-refractivity contribution in [3.05, 3.63) is 34.8 Å². The first-order valence-electron chi connectivity index (χ1n) is 6.53. The lowest BCUT2D eigenvalue weighted by Crippen LogP contribution is -2.47. The van der Waals surface area contributed by atoms with Crippen molar-refractivity contribution in [1.29, 1.82) is 0 Å². The summed E-state index contributed by atoms with van der Waals surface area (Å²) in [5.41, 5.74) is 6.96. The second kappa shape index (κ2) is 5.95. The first-order valence-corrected chi connectivity index (χ1v) is 7.52. The number of aliphatic carboxylic acids is 1. The van der Waals surface area contributed by atoms with Gasteiger partial charge in [-0.05, 0) is 26.0 Å². The molecule has 1 aromatic heterocycles. The molecule has 0 aliphatic heterocycles. The van der Waals surface area contributed by atoms with Gasteiger partial charge >= 0.3 is 11.7 Å². The van der Waals surface area contributed by atoms with E-state index in [0.29, 0.717) is 17.9 Å². The summed E-state index contributed by atoms with van der Waals surface area (Å²) >= 11 is 1.42. The van der Waals surface area contributed by atoms with Crippen LogP contribution >= 0.6 is 11.8 Å². The molecule has 0 bridgehead atoms. The monoisotopic (exact) mass is 310 g/mol. The number of carboxylic acids is 1. The summed E-state index contributed by atoms with van der Waals surface area (Å²) in [7, 11) is 0. The van der Waals surface area contributed by atoms with Crippen molar-refractivity contribution in [2.24, 2.45) is 5.73 Å². The minimum Gasteiger partial charge on any atom is -0.480 e. The van der Waals surface area contributed by atoms with Crippen LogP contribution in [0.2, 0.25) is 0 Å². The molecule has 0 spiro atoms. The number of oxazole rings is 1. The topological polar surface area (TPSA) is 98.5 Å². The van der Waals surface area contributed by atoms with Crippen molar-refractivity contribution in [3.8, 4) is 0 Å². The van der Waals surface area contributed by atoms with Gasteiger partial charge in [-0.2, -0.15) is 11.8 Å². The molecular formula is C14H18N2O4S. The molecule has 114 valence electrons. The minimum absolute atomic E-state index is 0.405. The molecule has 2 aromatic rings. The largest absolute Gasteiger partial charge is 0.480 e. The Morgan fingerprint density at radius 3 is 2.81 bits per heavy atom. The van der Waals surface area contributed by atoms with Crippen molar-refractivity contribution in [2.75, 3.05) is 5.75 Å². The summed E-state index contributed by atoms with van der Waals surface area (Å²) in [5.74, 6) is -0.868. The maximum Gasteiger partial charge on any atom is 0.419 e. The van der Waals surface area contributed by atoms with Crippen LogP contribution < -0.4 is 11.5 Å². The Hall–Kier alpha value is -1.73. The van der Waals surface area contributed by atoms with Crippen LogP contribution in [0, 0.1) is 0 Å². The van der Waals surface area contributed by atoms with Crippen molar-refractivity contribution in [2.45, 2.75) is 31.2 Å². The van der Waals surface area contributed by atoms with E-state index in [1.54, 1.807) is 30.5 Å². The van der Waals surface area contributed by atoms with Crippen LogP contribution in [0.1, 0.15) is 13.8 Å². The normalized spacial score (nSPS) is 13.5. The zero-order valence-electron chi connectivity index (χ0n) is 11.9. The Morgan fingerprint density at radius 2 is 2.14 bits per heavy atom. The van der Waals surface area contributed by atoms with Gasteiger partial charge in [0, 0.05) is 17.0 Å². The van der Waals surface area contributed by atoms with Gasteiger partial charge in [-0.15, -0.1) is 0 Å². The number of thioether (sulfide) groups is 1. The third-order valence-electron chi connectivity index (χ3n) is 3.38. The van der Waals surface area contributed by atoms with Gasteiger partial charge in [-0.1, -0.05) is 12.1 Å². The second-order valence-corrected chi connectivity index (χ2v) is 7.00. The number of carbonyl (C=O) groups is 1. The van der Waals surface area contributed by atoms with Crippen LogP contribution in [-0.2, 0) is 11.3 Å². The lowest BCUT2D eigenvalue weighted by Gasteiger charge is -2.27. The maximum atomic E-state index is 11.8. The Morgan fingerprint density at radius 1 is 1.48 bits per heavy atom. The van der Waals surface area contributed by atoms with Gasteiger partial charge in [0.25, 0.3) is 0 Å². The molecule has 0 aliphatic rings. The molecule has 0 unspecified atom stereocenters. The number of nitrogens with two attached hydrogens (primary N) is 1. The Kier molecular flexibility index (Phi) is 4.43. The maximum absolute atomic E-state index is 11.8. The van der Waals surface area contributed by atoms with Gasteiger partial charge in [0.05, 0.1) is 5.52 Å². The summed E-state index contributed by atoms with van der Waals surface area (Å²) in [6.07, 6.45) is 0. The highest BCUT2D eigenvalue weighted by Gasteiger charge is 2.32. The SMILES string of the molecule is CC(C)(SCCn1c(=O)oc2ccccc21)[C@@H](N)C(=O)O. The highest BCUT2D eigenvalue weighted by Crippen LogP contribution is 2.27. The van der Waals surface area contributed by atoms with E-state index in [-0.39, 0.29) is 0 Å². The van der Waals surface area contributed by atoms with Crippen LogP contribution in [0.4, 0.5) is 0 Å². The lowest BCUT2D eigenvalue weighted by atomic mass is 10.1. The van der Waals surface area contributed by atoms with Crippen LogP contribution in [0.25, 0.3) is 11.1 Å². The summed E-state index contributed by atoms with van der Waals surface area (Å²) in [4.78, 5) is 22.8. The average molecular weight is 310 g/mol. The molecule has 1 heterocycles. The van der Waals surface area contributed by atoms with Crippen LogP contribution in [0.3, 0.4) is 0 Å². The minimum atomic E-state index is -1.03. The Labute approximate surface area is 125 Å². The molecule has 3 N–H and O–H groups in total. The number of benzene rings is 1. The quantitative estimate of drug-likeness (QED) is 0.839. The number of carboxylic acid groups (broad SMARTS) is 1. The number of aromatic nitrogens is 1. The predicted octanol–water partition coefficient (Wildman–Crippen LogP) is 1.52. The molecule has 0 fully saturated rings. The van der Waals surface area contributed by atoms with Gasteiger partial charge in [-0.25, -0.2) is 4.79 Å². The highest BCUT2D eigenvalue weighted by atomic mass is 32.2. The molecule has 1 aromatic carbocycles. The fourth-order valence-electron chi connectivity index (χ4n) is 2.01. The molecule has 6 nitrogen and oxygen atoms in total. The summed E-state index contributed by atoms with van der Waals surface area (Å²) < 4.78 is 6.08. The molecular weight excluding hydrogens is 292 g/mol. The van der Waals surface area contributed by atoms with Crippen LogP contribution in [-0.4, -0.2) is 32.2 Å². The van der Waals surface area contributed by atoms with Crippen molar-refractivity contribution in [3.63, 3.8) is 0 Å². The zero-order valence-corrected chi connectivity index (χ0v) is 12.7. The lowest BCUT2D eigenvalue weighted by molar-refractivity contribution is -0.139. The van der Waals surface area contributed by atoms with Crippen molar-refractivity contribution >= 4 is 28.8 Å². The molecule has 1 atom stereocenters. The highest BCUT2D eigenvalue weighted by molar-refractivity contribution is 8.00. The van der Waals surface area contributed by atoms with Gasteiger partial charge in [0.1, 0.15) is 6.04 Å². The molecule has 21 heavy (non-hydrogen) atoms.